The van der Waals surface area contributed by atoms with Gasteiger partial charge in [-0.15, -0.1) is 0 Å². The van der Waals surface area contributed by atoms with E-state index in [9.17, 15) is 17.6 Å². The van der Waals surface area contributed by atoms with Crippen LogP contribution in [0.3, 0.4) is 0 Å². The van der Waals surface area contributed by atoms with Gasteiger partial charge in [-0.05, 0) is 60.5 Å². The highest BCUT2D eigenvalue weighted by molar-refractivity contribution is 7.92. The van der Waals surface area contributed by atoms with E-state index in [1.807, 2.05) is 12.1 Å². The maximum absolute atomic E-state index is 13.1. The van der Waals surface area contributed by atoms with Crippen molar-refractivity contribution in [2.45, 2.75) is 31.0 Å². The van der Waals surface area contributed by atoms with Gasteiger partial charge in [-0.3, -0.25) is 14.4 Å². The van der Waals surface area contributed by atoms with E-state index in [2.05, 4.69) is 34.0 Å². The molecule has 1 unspecified atom stereocenters. The number of rotatable bonds is 8. The zero-order valence-electron chi connectivity index (χ0n) is 19.4. The van der Waals surface area contributed by atoms with Crippen molar-refractivity contribution in [1.29, 1.82) is 0 Å². The van der Waals surface area contributed by atoms with Crippen molar-refractivity contribution in [3.05, 3.63) is 95.3 Å². The largest absolute Gasteiger partial charge is 0.376 e. The van der Waals surface area contributed by atoms with E-state index in [4.69, 9.17) is 4.74 Å². The third-order valence-electron chi connectivity index (χ3n) is 5.68. The molecule has 1 aliphatic heterocycles. The lowest BCUT2D eigenvalue weighted by Crippen LogP contribution is -2.40. The van der Waals surface area contributed by atoms with Crippen LogP contribution in [0.2, 0.25) is 0 Å². The summed E-state index contributed by atoms with van der Waals surface area (Å²) >= 11 is 0. The number of nitrogens with one attached hydrogen (secondary N) is 2. The van der Waals surface area contributed by atoms with Gasteiger partial charge in [0.1, 0.15) is 5.82 Å². The molecular formula is C26H28FN3O4S. The molecule has 0 saturated carbocycles. The van der Waals surface area contributed by atoms with Gasteiger partial charge in [0.15, 0.2) is 0 Å². The van der Waals surface area contributed by atoms with Gasteiger partial charge in [-0.2, -0.15) is 0 Å². The predicted octanol–water partition coefficient (Wildman–Crippen LogP) is 3.78. The van der Waals surface area contributed by atoms with E-state index in [1.54, 1.807) is 6.07 Å². The van der Waals surface area contributed by atoms with Crippen molar-refractivity contribution in [1.82, 2.24) is 10.2 Å². The summed E-state index contributed by atoms with van der Waals surface area (Å²) in [5, 5.41) is 2.86. The summed E-state index contributed by atoms with van der Waals surface area (Å²) in [6, 6.07) is 18.8. The second-order valence-corrected chi connectivity index (χ2v) is 10.2. The zero-order valence-corrected chi connectivity index (χ0v) is 20.2. The number of nitrogens with zero attached hydrogens (tertiary/aromatic N) is 1. The third kappa shape index (κ3) is 6.88. The smallest absolute Gasteiger partial charge is 0.261 e. The van der Waals surface area contributed by atoms with Crippen LogP contribution in [0, 0.1) is 5.82 Å². The average Bonchev–Trinajstić information content (AvgIpc) is 2.84. The lowest BCUT2D eigenvalue weighted by Gasteiger charge is -2.31. The second-order valence-electron chi connectivity index (χ2n) is 8.56. The number of carbonyl (C=O) groups excluding carboxylic acids is 1. The highest BCUT2D eigenvalue weighted by Crippen LogP contribution is 2.18. The minimum absolute atomic E-state index is 0.0591. The topological polar surface area (TPSA) is 87.7 Å². The van der Waals surface area contributed by atoms with E-state index in [-0.39, 0.29) is 28.2 Å². The Labute approximate surface area is 205 Å². The zero-order chi connectivity index (χ0) is 24.8. The van der Waals surface area contributed by atoms with Crippen LogP contribution in [0.4, 0.5) is 10.1 Å². The first-order valence-corrected chi connectivity index (χ1v) is 12.9. The summed E-state index contributed by atoms with van der Waals surface area (Å²) in [6.07, 6.45) is 0.219. The van der Waals surface area contributed by atoms with E-state index in [1.165, 1.54) is 30.3 Å². The van der Waals surface area contributed by atoms with Crippen molar-refractivity contribution >= 4 is 21.6 Å². The number of sulfonamides is 1. The summed E-state index contributed by atoms with van der Waals surface area (Å²) in [4.78, 5) is 15.0. The number of anilines is 1. The molecule has 1 atom stereocenters. The molecule has 9 heteroatoms. The van der Waals surface area contributed by atoms with Crippen LogP contribution in [0.1, 0.15) is 28.4 Å². The Hall–Kier alpha value is -3.27. The van der Waals surface area contributed by atoms with Crippen LogP contribution < -0.4 is 10.0 Å². The van der Waals surface area contributed by atoms with Crippen molar-refractivity contribution < 1.29 is 22.3 Å². The fourth-order valence-corrected chi connectivity index (χ4v) is 5.06. The van der Waals surface area contributed by atoms with E-state index >= 15 is 0 Å². The van der Waals surface area contributed by atoms with Gasteiger partial charge in [0.25, 0.3) is 15.9 Å². The summed E-state index contributed by atoms with van der Waals surface area (Å²) in [7, 11) is -3.94. The van der Waals surface area contributed by atoms with Crippen LogP contribution in [-0.2, 0) is 27.8 Å². The van der Waals surface area contributed by atoms with Gasteiger partial charge < -0.3 is 10.1 Å². The lowest BCUT2D eigenvalue weighted by molar-refractivity contribution is -0.0212. The van der Waals surface area contributed by atoms with Gasteiger partial charge in [-0.25, -0.2) is 12.8 Å². The number of amides is 1. The second kappa shape index (κ2) is 11.0. The van der Waals surface area contributed by atoms with Crippen LogP contribution in [-0.4, -0.2) is 45.0 Å². The molecule has 35 heavy (non-hydrogen) atoms. The molecule has 184 valence electrons. The summed E-state index contributed by atoms with van der Waals surface area (Å²) in [5.74, 6) is -0.843. The van der Waals surface area contributed by atoms with Gasteiger partial charge in [0.2, 0.25) is 0 Å². The minimum atomic E-state index is -3.94. The quantitative estimate of drug-likeness (QED) is 0.495. The number of benzene rings is 3. The Balaban J connectivity index is 1.38. The average molecular weight is 498 g/mol. The standard InChI is InChI=1S/C26H28FN3O4S/c1-19-17-30(12-13-34-19)18-21-5-2-4-20(14-21)16-28-26(31)22-6-3-7-25(15-22)35(32,33)29-24-10-8-23(27)9-11-24/h2-11,14-15,19,29H,12-13,16-18H2,1H3,(H,28,31). The Morgan fingerprint density at radius 2 is 1.80 bits per heavy atom. The first-order chi connectivity index (χ1) is 16.8. The molecule has 4 rings (SSSR count). The first kappa shape index (κ1) is 24.8. The molecule has 1 saturated heterocycles. The number of hydrogen-bond acceptors (Lipinski definition) is 5. The van der Waals surface area contributed by atoms with Crippen LogP contribution in [0.5, 0.6) is 0 Å². The SMILES string of the molecule is CC1CN(Cc2cccc(CNC(=O)c3cccc(S(=O)(=O)Nc4ccc(F)cc4)c3)c2)CCO1. The molecule has 2 N–H and O–H groups in total. The molecule has 3 aromatic rings. The molecular weight excluding hydrogens is 469 g/mol. The highest BCUT2D eigenvalue weighted by Gasteiger charge is 2.18. The van der Waals surface area contributed by atoms with Gasteiger partial charge in [0, 0.05) is 37.4 Å². The summed E-state index contributed by atoms with van der Waals surface area (Å²) in [6.45, 7) is 5.70. The number of morpholine rings is 1. The molecule has 0 aromatic heterocycles. The van der Waals surface area contributed by atoms with Gasteiger partial charge in [-0.1, -0.05) is 30.3 Å². The summed E-state index contributed by atoms with van der Waals surface area (Å²) in [5.41, 5.74) is 2.57. The molecule has 1 fully saturated rings. The molecule has 1 aliphatic rings. The van der Waals surface area contributed by atoms with Crippen LogP contribution >= 0.6 is 0 Å². The number of carbonyl (C=O) groups is 1. The molecule has 1 heterocycles. The first-order valence-electron chi connectivity index (χ1n) is 11.4. The number of ether oxygens (including phenoxy) is 1. The monoisotopic (exact) mass is 497 g/mol. The van der Waals surface area contributed by atoms with E-state index in [0.29, 0.717) is 6.54 Å². The van der Waals surface area contributed by atoms with Crippen LogP contribution in [0.15, 0.2) is 77.7 Å². The Morgan fingerprint density at radius 3 is 2.57 bits per heavy atom. The summed E-state index contributed by atoms with van der Waals surface area (Å²) < 4.78 is 46.5. The predicted molar refractivity (Wildman–Crippen MR) is 132 cm³/mol. The van der Waals surface area contributed by atoms with Crippen molar-refractivity contribution in [2.24, 2.45) is 0 Å². The Bertz CT molecular complexity index is 1280. The molecule has 1 amide bonds. The van der Waals surface area contributed by atoms with Crippen molar-refractivity contribution in [3.63, 3.8) is 0 Å². The fraction of sp³-hybridized carbons (Fsp3) is 0.269. The molecule has 3 aromatic carbocycles. The highest BCUT2D eigenvalue weighted by atomic mass is 32.2. The molecule has 0 bridgehead atoms. The molecule has 0 radical (unpaired) electrons. The molecule has 0 spiro atoms. The maximum Gasteiger partial charge on any atom is 0.261 e. The van der Waals surface area contributed by atoms with Gasteiger partial charge >= 0.3 is 0 Å². The maximum atomic E-state index is 13.1. The van der Waals surface area contributed by atoms with Crippen molar-refractivity contribution in [3.8, 4) is 0 Å². The number of hydrogen-bond donors (Lipinski definition) is 2. The molecule has 7 nitrogen and oxygen atoms in total. The van der Waals surface area contributed by atoms with E-state index < -0.39 is 15.8 Å². The minimum Gasteiger partial charge on any atom is -0.376 e. The fourth-order valence-electron chi connectivity index (χ4n) is 3.95. The van der Waals surface area contributed by atoms with E-state index in [0.717, 1.165) is 49.5 Å². The normalized spacial score (nSPS) is 16.6. The number of halogens is 1. The Morgan fingerprint density at radius 1 is 1.06 bits per heavy atom. The lowest BCUT2D eigenvalue weighted by atomic mass is 10.1. The van der Waals surface area contributed by atoms with Crippen LogP contribution in [0.25, 0.3) is 0 Å². The van der Waals surface area contributed by atoms with Crippen molar-refractivity contribution in [2.75, 3.05) is 24.4 Å². The Kier molecular flexibility index (Phi) is 7.80. The molecule has 0 aliphatic carbocycles. The van der Waals surface area contributed by atoms with Gasteiger partial charge in [0.05, 0.1) is 17.6 Å². The third-order valence-corrected chi connectivity index (χ3v) is 7.06.